The predicted molar refractivity (Wildman–Crippen MR) is 99.8 cm³/mol. The van der Waals surface area contributed by atoms with Gasteiger partial charge in [-0.05, 0) is 36.1 Å². The molecule has 0 fully saturated rings. The van der Waals surface area contributed by atoms with Crippen LogP contribution in [0.2, 0.25) is 0 Å². The van der Waals surface area contributed by atoms with Gasteiger partial charge in [0.15, 0.2) is 0 Å². The molecule has 0 saturated heterocycles. The van der Waals surface area contributed by atoms with Gasteiger partial charge in [0, 0.05) is 25.3 Å². The molecule has 1 aromatic heterocycles. The zero-order valence-corrected chi connectivity index (χ0v) is 15.2. The molecule has 6 nitrogen and oxygen atoms in total. The fourth-order valence-corrected chi connectivity index (χ4v) is 3.18. The Labute approximate surface area is 153 Å². The van der Waals surface area contributed by atoms with Crippen molar-refractivity contribution in [2.45, 2.75) is 26.3 Å². The number of hydrogen-bond donors (Lipinski definition) is 2. The van der Waals surface area contributed by atoms with Crippen molar-refractivity contribution in [1.29, 1.82) is 0 Å². The van der Waals surface area contributed by atoms with Gasteiger partial charge in [-0.1, -0.05) is 32.0 Å². The van der Waals surface area contributed by atoms with E-state index in [0.717, 1.165) is 24.4 Å². The van der Waals surface area contributed by atoms with Gasteiger partial charge in [-0.25, -0.2) is 0 Å². The molecule has 1 aliphatic heterocycles. The lowest BCUT2D eigenvalue weighted by Crippen LogP contribution is -2.44. The van der Waals surface area contributed by atoms with E-state index >= 15 is 0 Å². The maximum absolute atomic E-state index is 12.1. The number of hydrogen-bond acceptors (Lipinski definition) is 4. The van der Waals surface area contributed by atoms with Gasteiger partial charge in [0.1, 0.15) is 11.8 Å². The molecular formula is C20H25N3O3. The molecule has 0 aliphatic carbocycles. The number of nitrogens with zero attached hydrogens (tertiary/aromatic N) is 1. The van der Waals surface area contributed by atoms with Crippen LogP contribution in [0.4, 0.5) is 5.69 Å². The lowest BCUT2D eigenvalue weighted by Gasteiger charge is -2.29. The largest absolute Gasteiger partial charge is 0.467 e. The standard InChI is InChI=1S/C20H25N3O3/c1-14(2)12-21-19(24)20(25)22-13-17(18-8-5-11-26-18)23-10-9-15-6-3-4-7-16(15)23/h3-8,11,14,17H,9-10,12-13H2,1-2H3,(H,21,24)(H,22,25)/t17-/m0/s1. The topological polar surface area (TPSA) is 74.6 Å². The molecule has 2 heterocycles. The minimum absolute atomic E-state index is 0.157. The summed E-state index contributed by atoms with van der Waals surface area (Å²) in [6.07, 6.45) is 2.58. The molecule has 2 amide bonds. The molecule has 1 aromatic carbocycles. The van der Waals surface area contributed by atoms with Crippen LogP contribution < -0.4 is 15.5 Å². The number of rotatable bonds is 6. The summed E-state index contributed by atoms with van der Waals surface area (Å²) in [5, 5.41) is 5.39. The third-order valence-electron chi connectivity index (χ3n) is 4.50. The van der Waals surface area contributed by atoms with Crippen LogP contribution in [0.1, 0.15) is 31.2 Å². The molecule has 6 heteroatoms. The highest BCUT2D eigenvalue weighted by molar-refractivity contribution is 6.35. The van der Waals surface area contributed by atoms with Crippen LogP contribution in [0.25, 0.3) is 0 Å². The smallest absolute Gasteiger partial charge is 0.309 e. The SMILES string of the molecule is CC(C)CNC(=O)C(=O)NC[C@@H](c1ccco1)N1CCc2ccccc21. The van der Waals surface area contributed by atoms with Crippen LogP contribution in [0, 0.1) is 5.92 Å². The van der Waals surface area contributed by atoms with Crippen molar-refractivity contribution in [3.05, 3.63) is 54.0 Å². The van der Waals surface area contributed by atoms with E-state index in [1.807, 2.05) is 38.1 Å². The molecule has 2 aromatic rings. The Balaban J connectivity index is 1.69. The van der Waals surface area contributed by atoms with Crippen molar-refractivity contribution in [3.8, 4) is 0 Å². The summed E-state index contributed by atoms with van der Waals surface area (Å²) in [7, 11) is 0. The molecule has 1 atom stereocenters. The number of carbonyl (C=O) groups excluding carboxylic acids is 2. The number of nitrogens with one attached hydrogen (secondary N) is 2. The molecule has 0 radical (unpaired) electrons. The fraction of sp³-hybridized carbons (Fsp3) is 0.400. The summed E-state index contributed by atoms with van der Waals surface area (Å²) >= 11 is 0. The monoisotopic (exact) mass is 355 g/mol. The highest BCUT2D eigenvalue weighted by atomic mass is 16.3. The van der Waals surface area contributed by atoms with Crippen LogP contribution in [-0.4, -0.2) is 31.4 Å². The van der Waals surface area contributed by atoms with Crippen molar-refractivity contribution in [2.24, 2.45) is 5.92 Å². The first kappa shape index (κ1) is 18.0. The van der Waals surface area contributed by atoms with Crippen molar-refractivity contribution in [2.75, 3.05) is 24.5 Å². The van der Waals surface area contributed by atoms with Crippen molar-refractivity contribution in [3.63, 3.8) is 0 Å². The van der Waals surface area contributed by atoms with E-state index in [4.69, 9.17) is 4.42 Å². The Hall–Kier alpha value is -2.76. The van der Waals surface area contributed by atoms with Crippen molar-refractivity contribution in [1.82, 2.24) is 10.6 Å². The summed E-state index contributed by atoms with van der Waals surface area (Å²) in [5.41, 5.74) is 2.43. The second-order valence-electron chi connectivity index (χ2n) is 6.92. The van der Waals surface area contributed by atoms with Gasteiger partial charge in [0.25, 0.3) is 0 Å². The number of benzene rings is 1. The van der Waals surface area contributed by atoms with Crippen LogP contribution >= 0.6 is 0 Å². The molecular weight excluding hydrogens is 330 g/mol. The van der Waals surface area contributed by atoms with E-state index in [-0.39, 0.29) is 6.04 Å². The molecule has 2 N–H and O–H groups in total. The van der Waals surface area contributed by atoms with Crippen LogP contribution in [0.3, 0.4) is 0 Å². The summed E-state index contributed by atoms with van der Waals surface area (Å²) in [6, 6.07) is 11.8. The second kappa shape index (κ2) is 8.08. The van der Waals surface area contributed by atoms with Crippen LogP contribution in [0.5, 0.6) is 0 Å². The van der Waals surface area contributed by atoms with E-state index < -0.39 is 11.8 Å². The van der Waals surface area contributed by atoms with E-state index in [1.54, 1.807) is 6.26 Å². The van der Waals surface area contributed by atoms with Gasteiger partial charge in [-0.2, -0.15) is 0 Å². The summed E-state index contributed by atoms with van der Waals surface area (Å²) in [5.74, 6) is -0.151. The van der Waals surface area contributed by atoms with Gasteiger partial charge in [0.05, 0.1) is 6.26 Å². The number of carbonyl (C=O) groups is 2. The Morgan fingerprint density at radius 3 is 2.50 bits per heavy atom. The number of furan rings is 1. The third kappa shape index (κ3) is 4.07. The molecule has 0 saturated carbocycles. The number of fused-ring (bicyclic) bond motifs is 1. The summed E-state index contributed by atoms with van der Waals surface area (Å²) < 4.78 is 5.60. The van der Waals surface area contributed by atoms with E-state index in [0.29, 0.717) is 19.0 Å². The number of amides is 2. The fourth-order valence-electron chi connectivity index (χ4n) is 3.18. The zero-order chi connectivity index (χ0) is 18.5. The van der Waals surface area contributed by atoms with Gasteiger partial charge < -0.3 is 20.0 Å². The zero-order valence-electron chi connectivity index (χ0n) is 15.2. The number of para-hydroxylation sites is 1. The first-order chi connectivity index (χ1) is 12.6. The lowest BCUT2D eigenvalue weighted by molar-refractivity contribution is -0.139. The summed E-state index contributed by atoms with van der Waals surface area (Å²) in [4.78, 5) is 26.2. The quantitative estimate of drug-likeness (QED) is 0.780. The van der Waals surface area contributed by atoms with Crippen molar-refractivity contribution >= 4 is 17.5 Å². The molecule has 0 bridgehead atoms. The van der Waals surface area contributed by atoms with E-state index in [2.05, 4.69) is 27.7 Å². The Bertz CT molecular complexity index is 755. The molecule has 3 rings (SSSR count). The molecule has 26 heavy (non-hydrogen) atoms. The van der Waals surface area contributed by atoms with Gasteiger partial charge in [-0.15, -0.1) is 0 Å². The highest BCUT2D eigenvalue weighted by Crippen LogP contribution is 2.34. The Morgan fingerprint density at radius 2 is 1.81 bits per heavy atom. The van der Waals surface area contributed by atoms with Gasteiger partial charge in [0.2, 0.25) is 0 Å². The maximum Gasteiger partial charge on any atom is 0.309 e. The minimum Gasteiger partial charge on any atom is -0.467 e. The first-order valence-electron chi connectivity index (χ1n) is 9.00. The Morgan fingerprint density at radius 1 is 1.08 bits per heavy atom. The minimum atomic E-state index is -0.616. The van der Waals surface area contributed by atoms with Crippen LogP contribution in [-0.2, 0) is 16.0 Å². The molecule has 1 aliphatic rings. The normalized spacial score (nSPS) is 14.2. The molecule has 138 valence electrons. The average molecular weight is 355 g/mol. The number of anilines is 1. The average Bonchev–Trinajstić information content (AvgIpc) is 3.30. The lowest BCUT2D eigenvalue weighted by atomic mass is 10.1. The Kier molecular flexibility index (Phi) is 5.61. The molecule has 0 spiro atoms. The van der Waals surface area contributed by atoms with Crippen molar-refractivity contribution < 1.29 is 14.0 Å². The first-order valence-corrected chi connectivity index (χ1v) is 9.00. The third-order valence-corrected chi connectivity index (χ3v) is 4.50. The highest BCUT2D eigenvalue weighted by Gasteiger charge is 2.29. The molecule has 0 unspecified atom stereocenters. The van der Waals surface area contributed by atoms with Gasteiger partial charge in [-0.3, -0.25) is 9.59 Å². The predicted octanol–water partition coefficient (Wildman–Crippen LogP) is 2.27. The van der Waals surface area contributed by atoms with E-state index in [1.165, 1.54) is 5.56 Å². The maximum atomic E-state index is 12.1. The van der Waals surface area contributed by atoms with E-state index in [9.17, 15) is 9.59 Å². The second-order valence-corrected chi connectivity index (χ2v) is 6.92. The summed E-state index contributed by atoms with van der Waals surface area (Å²) in [6.45, 7) is 5.59. The van der Waals surface area contributed by atoms with Crippen LogP contribution in [0.15, 0.2) is 47.1 Å². The van der Waals surface area contributed by atoms with Gasteiger partial charge >= 0.3 is 11.8 Å².